The maximum absolute atomic E-state index is 12.1. The van der Waals surface area contributed by atoms with E-state index in [1.54, 1.807) is 31.6 Å². The first-order chi connectivity index (χ1) is 9.10. The zero-order valence-electron chi connectivity index (χ0n) is 11.5. The van der Waals surface area contributed by atoms with E-state index in [9.17, 15) is 4.79 Å². The number of nitrogens with zero attached hydrogens (tertiary/aromatic N) is 3. The summed E-state index contributed by atoms with van der Waals surface area (Å²) in [4.78, 5) is 17.5. The maximum atomic E-state index is 12.1. The van der Waals surface area contributed by atoms with E-state index in [4.69, 9.17) is 5.41 Å². The molecular formula is C13H19N5O. The Morgan fingerprint density at radius 2 is 2.05 bits per heavy atom. The molecule has 0 saturated carbocycles. The van der Waals surface area contributed by atoms with Crippen LogP contribution in [0.2, 0.25) is 0 Å². The van der Waals surface area contributed by atoms with Crippen molar-refractivity contribution in [1.29, 1.82) is 5.41 Å². The minimum Gasteiger partial charge on any atom is -0.341 e. The molecule has 2 N–H and O–H groups in total. The Morgan fingerprint density at radius 1 is 1.42 bits per heavy atom. The van der Waals surface area contributed by atoms with E-state index >= 15 is 0 Å². The predicted molar refractivity (Wildman–Crippen MR) is 76.6 cm³/mol. The van der Waals surface area contributed by atoms with E-state index in [0.717, 1.165) is 5.69 Å². The van der Waals surface area contributed by atoms with Crippen molar-refractivity contribution in [1.82, 2.24) is 9.88 Å². The number of carbonyl (C=O) groups excluding carboxylic acids is 1. The Labute approximate surface area is 113 Å². The molecule has 0 fully saturated rings. The van der Waals surface area contributed by atoms with E-state index < -0.39 is 0 Å². The third kappa shape index (κ3) is 4.17. The fourth-order valence-electron chi connectivity index (χ4n) is 1.28. The highest BCUT2D eigenvalue weighted by Gasteiger charge is 2.19. The summed E-state index contributed by atoms with van der Waals surface area (Å²) in [7, 11) is 1.69. The molecule has 1 heterocycles. The van der Waals surface area contributed by atoms with Crippen LogP contribution in [0, 0.1) is 5.41 Å². The number of hydrogen-bond acceptors (Lipinski definition) is 5. The summed E-state index contributed by atoms with van der Waals surface area (Å²) in [5.74, 6) is -0.254. The highest BCUT2D eigenvalue weighted by molar-refractivity contribution is 6.66. The van der Waals surface area contributed by atoms with Crippen LogP contribution >= 0.6 is 0 Å². The van der Waals surface area contributed by atoms with Crippen LogP contribution in [0.1, 0.15) is 20.3 Å². The van der Waals surface area contributed by atoms with Gasteiger partial charge in [0.15, 0.2) is 5.71 Å². The first-order valence-corrected chi connectivity index (χ1v) is 6.17. The van der Waals surface area contributed by atoms with Crippen molar-refractivity contribution >= 4 is 23.0 Å². The van der Waals surface area contributed by atoms with E-state index in [1.165, 1.54) is 4.90 Å². The Hall–Kier alpha value is -2.24. The Morgan fingerprint density at radius 3 is 2.58 bits per heavy atom. The molecule has 0 aromatic carbocycles. The molecule has 1 aromatic rings. The summed E-state index contributed by atoms with van der Waals surface area (Å²) < 4.78 is 0. The molecule has 19 heavy (non-hydrogen) atoms. The van der Waals surface area contributed by atoms with Gasteiger partial charge < -0.3 is 10.3 Å². The standard InChI is InChI=1S/C13H19N5O/c1-4-11(14)12(13(19)18(3)5-2)17-16-10-6-8-15-9-7-10/h6-9,14H,4-5H2,1-3H3,(H,15,16). The van der Waals surface area contributed by atoms with Gasteiger partial charge in [0.2, 0.25) is 0 Å². The van der Waals surface area contributed by atoms with Crippen LogP contribution in [0.5, 0.6) is 0 Å². The van der Waals surface area contributed by atoms with Crippen LogP contribution in [0.3, 0.4) is 0 Å². The molecule has 1 rings (SSSR count). The minimum atomic E-state index is -0.254. The molecule has 6 heteroatoms. The van der Waals surface area contributed by atoms with Gasteiger partial charge in [-0.25, -0.2) is 0 Å². The third-order valence-electron chi connectivity index (χ3n) is 2.64. The molecular weight excluding hydrogens is 242 g/mol. The molecule has 0 aliphatic rings. The van der Waals surface area contributed by atoms with Gasteiger partial charge in [-0.3, -0.25) is 15.2 Å². The number of aromatic nitrogens is 1. The van der Waals surface area contributed by atoms with Crippen LogP contribution in [-0.4, -0.2) is 40.8 Å². The molecule has 0 saturated heterocycles. The first-order valence-electron chi connectivity index (χ1n) is 6.17. The number of nitrogens with one attached hydrogen (secondary N) is 2. The largest absolute Gasteiger partial charge is 0.341 e. The average Bonchev–Trinajstić information content (AvgIpc) is 2.47. The molecule has 0 bridgehead atoms. The second-order valence-electron chi connectivity index (χ2n) is 3.96. The van der Waals surface area contributed by atoms with Crippen molar-refractivity contribution in [2.45, 2.75) is 20.3 Å². The fourth-order valence-corrected chi connectivity index (χ4v) is 1.28. The van der Waals surface area contributed by atoms with E-state index in [2.05, 4.69) is 15.5 Å². The minimum absolute atomic E-state index is 0.142. The third-order valence-corrected chi connectivity index (χ3v) is 2.64. The van der Waals surface area contributed by atoms with Gasteiger partial charge in [-0.05, 0) is 25.5 Å². The summed E-state index contributed by atoms with van der Waals surface area (Å²) in [5, 5.41) is 11.9. The zero-order valence-corrected chi connectivity index (χ0v) is 11.5. The number of hydrogen-bond donors (Lipinski definition) is 2. The van der Waals surface area contributed by atoms with Gasteiger partial charge in [-0.15, -0.1) is 0 Å². The molecule has 0 aliphatic heterocycles. The number of anilines is 1. The molecule has 0 spiro atoms. The van der Waals surface area contributed by atoms with E-state index in [1.807, 2.05) is 13.8 Å². The smallest absolute Gasteiger partial charge is 0.275 e. The van der Waals surface area contributed by atoms with Crippen LogP contribution in [-0.2, 0) is 4.79 Å². The second kappa shape index (κ2) is 7.25. The summed E-state index contributed by atoms with van der Waals surface area (Å²) in [6.07, 6.45) is 3.71. The molecule has 0 aliphatic carbocycles. The number of pyridine rings is 1. The van der Waals surface area contributed by atoms with Crippen LogP contribution in [0.25, 0.3) is 0 Å². The molecule has 6 nitrogen and oxygen atoms in total. The quantitative estimate of drug-likeness (QED) is 0.604. The van der Waals surface area contributed by atoms with Gasteiger partial charge in [-0.1, -0.05) is 6.92 Å². The van der Waals surface area contributed by atoms with Gasteiger partial charge in [0.05, 0.1) is 11.4 Å². The highest BCUT2D eigenvalue weighted by atomic mass is 16.2. The molecule has 1 aromatic heterocycles. The second-order valence-corrected chi connectivity index (χ2v) is 3.96. The van der Waals surface area contributed by atoms with Crippen molar-refractivity contribution < 1.29 is 4.79 Å². The van der Waals surface area contributed by atoms with Crippen LogP contribution in [0.4, 0.5) is 5.69 Å². The molecule has 0 unspecified atom stereocenters. The Bertz CT molecular complexity index is 469. The monoisotopic (exact) mass is 261 g/mol. The summed E-state index contributed by atoms with van der Waals surface area (Å²) in [5.41, 5.74) is 3.86. The molecule has 102 valence electrons. The fraction of sp³-hybridized carbons (Fsp3) is 0.385. The normalized spacial score (nSPS) is 11.0. The van der Waals surface area contributed by atoms with Crippen molar-refractivity contribution in [3.8, 4) is 0 Å². The van der Waals surface area contributed by atoms with Crippen molar-refractivity contribution in [2.75, 3.05) is 19.0 Å². The van der Waals surface area contributed by atoms with Crippen molar-refractivity contribution in [3.05, 3.63) is 24.5 Å². The summed E-state index contributed by atoms with van der Waals surface area (Å²) in [6.45, 7) is 4.27. The van der Waals surface area contributed by atoms with Gasteiger partial charge in [-0.2, -0.15) is 5.10 Å². The lowest BCUT2D eigenvalue weighted by Gasteiger charge is -2.16. The lowest BCUT2D eigenvalue weighted by molar-refractivity contribution is -0.122. The van der Waals surface area contributed by atoms with Gasteiger partial charge >= 0.3 is 0 Å². The van der Waals surface area contributed by atoms with Gasteiger partial charge in [0.1, 0.15) is 0 Å². The van der Waals surface area contributed by atoms with Crippen LogP contribution < -0.4 is 5.43 Å². The first kappa shape index (κ1) is 14.8. The maximum Gasteiger partial charge on any atom is 0.275 e. The molecule has 0 atom stereocenters. The molecule has 1 amide bonds. The number of carbonyl (C=O) groups is 1. The number of amides is 1. The lowest BCUT2D eigenvalue weighted by Crippen LogP contribution is -2.37. The zero-order chi connectivity index (χ0) is 14.3. The Kier molecular flexibility index (Phi) is 5.66. The van der Waals surface area contributed by atoms with Gasteiger partial charge in [0.25, 0.3) is 5.91 Å². The van der Waals surface area contributed by atoms with Crippen LogP contribution in [0.15, 0.2) is 29.6 Å². The predicted octanol–water partition coefficient (Wildman–Crippen LogP) is 1.76. The average molecular weight is 261 g/mol. The van der Waals surface area contributed by atoms with Crippen molar-refractivity contribution in [2.24, 2.45) is 5.10 Å². The SMILES string of the molecule is CCC(=N)C(=NNc1ccncc1)C(=O)N(C)CC. The van der Waals surface area contributed by atoms with E-state index in [-0.39, 0.29) is 17.3 Å². The van der Waals surface area contributed by atoms with Gasteiger partial charge in [0, 0.05) is 26.0 Å². The number of rotatable bonds is 6. The van der Waals surface area contributed by atoms with Crippen molar-refractivity contribution in [3.63, 3.8) is 0 Å². The number of hydrazone groups is 1. The Balaban J connectivity index is 2.91. The topological polar surface area (TPSA) is 81.4 Å². The summed E-state index contributed by atoms with van der Waals surface area (Å²) >= 11 is 0. The van der Waals surface area contributed by atoms with E-state index in [0.29, 0.717) is 13.0 Å². The highest BCUT2D eigenvalue weighted by Crippen LogP contribution is 2.04. The lowest BCUT2D eigenvalue weighted by atomic mass is 10.1. The summed E-state index contributed by atoms with van der Waals surface area (Å²) in [6, 6.07) is 3.48. The molecule has 0 radical (unpaired) electrons.